The number of morpholine rings is 1. The Kier molecular flexibility index (Phi) is 6.29. The Balaban J connectivity index is 1.38. The molecule has 0 saturated carbocycles. The number of ether oxygens (including phenoxy) is 1. The number of halogens is 2. The topological polar surface area (TPSA) is 111 Å². The Labute approximate surface area is 209 Å². The van der Waals surface area contributed by atoms with Crippen molar-refractivity contribution in [3.8, 4) is 11.5 Å². The van der Waals surface area contributed by atoms with E-state index >= 15 is 0 Å². The van der Waals surface area contributed by atoms with Crippen LogP contribution in [0.4, 0.5) is 17.1 Å². The third-order valence-electron chi connectivity index (χ3n) is 5.60. The SMILES string of the molecule is O=C(Nc1ccc2oc(-c3ccc(Cl)c(Cl)c3)nc2c1)c1ccc(N2CCOCC2)c([N+](=O)[O-])c1. The molecule has 11 heteroatoms. The van der Waals surface area contributed by atoms with Gasteiger partial charge >= 0.3 is 0 Å². The molecule has 0 bridgehead atoms. The van der Waals surface area contributed by atoms with Gasteiger partial charge in [0.05, 0.1) is 28.2 Å². The van der Waals surface area contributed by atoms with Crippen LogP contribution in [0.15, 0.2) is 59.0 Å². The summed E-state index contributed by atoms with van der Waals surface area (Å²) in [4.78, 5) is 30.4. The molecule has 1 aliphatic heterocycles. The van der Waals surface area contributed by atoms with Gasteiger partial charge in [0.2, 0.25) is 5.89 Å². The van der Waals surface area contributed by atoms with Gasteiger partial charge < -0.3 is 19.4 Å². The number of nitrogens with one attached hydrogen (secondary N) is 1. The van der Waals surface area contributed by atoms with Crippen LogP contribution in [0.2, 0.25) is 10.0 Å². The molecule has 1 saturated heterocycles. The molecule has 4 aromatic rings. The van der Waals surface area contributed by atoms with E-state index in [-0.39, 0.29) is 11.3 Å². The second kappa shape index (κ2) is 9.53. The third-order valence-corrected chi connectivity index (χ3v) is 6.34. The number of nitrogens with zero attached hydrogens (tertiary/aromatic N) is 3. The standard InChI is InChI=1S/C24H18Cl2N4O5/c25-17-4-1-15(11-18(17)26)24-28-19-13-16(3-6-22(19)35-24)27-23(31)14-2-5-20(21(12-14)30(32)33)29-7-9-34-10-8-29/h1-6,11-13H,7-10H2,(H,27,31). The molecule has 0 aliphatic carbocycles. The first-order valence-electron chi connectivity index (χ1n) is 10.7. The molecule has 0 spiro atoms. The van der Waals surface area contributed by atoms with Gasteiger partial charge in [0.25, 0.3) is 11.6 Å². The fourth-order valence-electron chi connectivity index (χ4n) is 3.84. The number of hydrogen-bond donors (Lipinski definition) is 1. The number of benzene rings is 3. The summed E-state index contributed by atoms with van der Waals surface area (Å²) in [6.07, 6.45) is 0. The van der Waals surface area contributed by atoms with Gasteiger partial charge in [-0.05, 0) is 48.5 Å². The van der Waals surface area contributed by atoms with Crippen LogP contribution < -0.4 is 10.2 Å². The lowest BCUT2D eigenvalue weighted by molar-refractivity contribution is -0.384. The van der Waals surface area contributed by atoms with E-state index in [4.69, 9.17) is 32.4 Å². The van der Waals surface area contributed by atoms with Crippen molar-refractivity contribution in [1.82, 2.24) is 4.98 Å². The van der Waals surface area contributed by atoms with Crippen LogP contribution in [0.3, 0.4) is 0 Å². The molecule has 178 valence electrons. The van der Waals surface area contributed by atoms with E-state index in [0.717, 1.165) is 0 Å². The Bertz CT molecular complexity index is 1450. The van der Waals surface area contributed by atoms with Crippen LogP contribution in [-0.4, -0.2) is 42.1 Å². The molecule has 0 unspecified atom stereocenters. The number of amides is 1. The summed E-state index contributed by atoms with van der Waals surface area (Å²) in [5, 5.41) is 15.3. The summed E-state index contributed by atoms with van der Waals surface area (Å²) >= 11 is 12.1. The predicted octanol–water partition coefficient (Wildman–Crippen LogP) is 5.80. The number of carbonyl (C=O) groups is 1. The number of nitro benzene ring substituents is 1. The Hall–Kier alpha value is -3.66. The Morgan fingerprint density at radius 2 is 1.83 bits per heavy atom. The first-order chi connectivity index (χ1) is 16.9. The molecule has 35 heavy (non-hydrogen) atoms. The molecule has 9 nitrogen and oxygen atoms in total. The minimum atomic E-state index is -0.479. The summed E-state index contributed by atoms with van der Waals surface area (Å²) in [5.74, 6) is -0.120. The molecule has 1 aliphatic rings. The maximum absolute atomic E-state index is 12.9. The maximum atomic E-state index is 12.9. The minimum absolute atomic E-state index is 0.127. The van der Waals surface area contributed by atoms with Crippen LogP contribution in [-0.2, 0) is 4.74 Å². The second-order valence-electron chi connectivity index (χ2n) is 7.84. The number of rotatable bonds is 5. The Morgan fingerprint density at radius 3 is 2.57 bits per heavy atom. The van der Waals surface area contributed by atoms with E-state index in [1.807, 2.05) is 4.90 Å². The number of nitro groups is 1. The molecule has 2 heterocycles. The van der Waals surface area contributed by atoms with Gasteiger partial charge in [0.15, 0.2) is 5.58 Å². The minimum Gasteiger partial charge on any atom is -0.436 e. The second-order valence-corrected chi connectivity index (χ2v) is 8.66. The molecule has 0 radical (unpaired) electrons. The number of aromatic nitrogens is 1. The van der Waals surface area contributed by atoms with Gasteiger partial charge in [-0.2, -0.15) is 0 Å². The van der Waals surface area contributed by atoms with E-state index in [0.29, 0.717) is 70.3 Å². The molecule has 1 aromatic heterocycles. The van der Waals surface area contributed by atoms with Crippen LogP contribution in [0.1, 0.15) is 10.4 Å². The van der Waals surface area contributed by atoms with Crippen LogP contribution in [0.5, 0.6) is 0 Å². The molecule has 1 amide bonds. The average Bonchev–Trinajstić information content (AvgIpc) is 3.29. The Morgan fingerprint density at radius 1 is 1.03 bits per heavy atom. The molecule has 3 aromatic carbocycles. The lowest BCUT2D eigenvalue weighted by Crippen LogP contribution is -2.36. The van der Waals surface area contributed by atoms with Gasteiger partial charge in [-0.25, -0.2) is 4.98 Å². The normalized spacial score (nSPS) is 13.7. The fraction of sp³-hybridized carbons (Fsp3) is 0.167. The highest BCUT2D eigenvalue weighted by Crippen LogP contribution is 2.32. The van der Waals surface area contributed by atoms with Crippen molar-refractivity contribution in [3.05, 3.63) is 80.3 Å². The summed E-state index contributed by atoms with van der Waals surface area (Å²) in [7, 11) is 0. The van der Waals surface area contributed by atoms with Crippen LogP contribution in [0.25, 0.3) is 22.6 Å². The molecule has 0 atom stereocenters. The summed E-state index contributed by atoms with van der Waals surface area (Å²) in [5.41, 5.74) is 2.69. The zero-order valence-electron chi connectivity index (χ0n) is 18.2. The highest BCUT2D eigenvalue weighted by atomic mass is 35.5. The smallest absolute Gasteiger partial charge is 0.293 e. The van der Waals surface area contributed by atoms with Gasteiger partial charge in [-0.3, -0.25) is 14.9 Å². The zero-order valence-corrected chi connectivity index (χ0v) is 19.7. The summed E-state index contributed by atoms with van der Waals surface area (Å²) in [6, 6.07) is 14.5. The monoisotopic (exact) mass is 512 g/mol. The number of carbonyl (C=O) groups excluding carboxylic acids is 1. The first-order valence-corrected chi connectivity index (χ1v) is 11.4. The van der Waals surface area contributed by atoms with E-state index < -0.39 is 10.8 Å². The van der Waals surface area contributed by atoms with Gasteiger partial charge in [0, 0.05) is 36.0 Å². The highest BCUT2D eigenvalue weighted by molar-refractivity contribution is 6.42. The quantitative estimate of drug-likeness (QED) is 0.265. The van der Waals surface area contributed by atoms with E-state index in [9.17, 15) is 14.9 Å². The van der Waals surface area contributed by atoms with Crippen molar-refractivity contribution in [3.63, 3.8) is 0 Å². The average molecular weight is 513 g/mol. The lowest BCUT2D eigenvalue weighted by atomic mass is 10.1. The van der Waals surface area contributed by atoms with E-state index in [2.05, 4.69) is 10.3 Å². The van der Waals surface area contributed by atoms with Crippen molar-refractivity contribution < 1.29 is 18.9 Å². The van der Waals surface area contributed by atoms with Crippen molar-refractivity contribution >= 4 is 57.3 Å². The van der Waals surface area contributed by atoms with Crippen LogP contribution in [0, 0.1) is 10.1 Å². The summed E-state index contributed by atoms with van der Waals surface area (Å²) < 4.78 is 11.1. The zero-order chi connectivity index (χ0) is 24.5. The van der Waals surface area contributed by atoms with Crippen molar-refractivity contribution in [2.45, 2.75) is 0 Å². The number of anilines is 2. The molecule has 1 fully saturated rings. The van der Waals surface area contributed by atoms with Gasteiger partial charge in [0.1, 0.15) is 11.2 Å². The van der Waals surface area contributed by atoms with Crippen molar-refractivity contribution in [1.29, 1.82) is 0 Å². The third kappa shape index (κ3) is 4.79. The van der Waals surface area contributed by atoms with Gasteiger partial charge in [-0.15, -0.1) is 0 Å². The van der Waals surface area contributed by atoms with E-state index in [1.165, 1.54) is 6.07 Å². The van der Waals surface area contributed by atoms with Crippen molar-refractivity contribution in [2.24, 2.45) is 0 Å². The number of hydrogen-bond acceptors (Lipinski definition) is 7. The molecular formula is C24H18Cl2N4O5. The molecule has 1 N–H and O–H groups in total. The fourth-order valence-corrected chi connectivity index (χ4v) is 4.14. The largest absolute Gasteiger partial charge is 0.436 e. The summed E-state index contributed by atoms with van der Waals surface area (Å²) in [6.45, 7) is 2.09. The van der Waals surface area contributed by atoms with E-state index in [1.54, 1.807) is 48.5 Å². The lowest BCUT2D eigenvalue weighted by Gasteiger charge is -2.28. The van der Waals surface area contributed by atoms with Crippen LogP contribution >= 0.6 is 23.2 Å². The van der Waals surface area contributed by atoms with Crippen molar-refractivity contribution in [2.75, 3.05) is 36.5 Å². The predicted molar refractivity (Wildman–Crippen MR) is 134 cm³/mol. The number of fused-ring (bicyclic) bond motifs is 1. The molecular weight excluding hydrogens is 495 g/mol. The van der Waals surface area contributed by atoms with Gasteiger partial charge in [-0.1, -0.05) is 23.2 Å². The number of oxazole rings is 1. The highest BCUT2D eigenvalue weighted by Gasteiger charge is 2.23. The molecule has 5 rings (SSSR count). The first kappa shape index (κ1) is 23.1. The maximum Gasteiger partial charge on any atom is 0.293 e.